The normalized spacial score (nSPS) is 15.4. The second-order valence-corrected chi connectivity index (χ2v) is 6.27. The van der Waals surface area contributed by atoms with Crippen LogP contribution >= 0.6 is 11.8 Å². The maximum Gasteiger partial charge on any atom is 0.285 e. The highest BCUT2D eigenvalue weighted by Gasteiger charge is 2.37. The fraction of sp³-hybridized carbons (Fsp3) is 0.500. The number of hydroxylamine groups is 2. The molecule has 1 aliphatic heterocycles. The molecule has 0 aliphatic carbocycles. The zero-order valence-corrected chi connectivity index (χ0v) is 13.3. The van der Waals surface area contributed by atoms with Crippen molar-refractivity contribution in [2.75, 3.05) is 5.75 Å². The lowest BCUT2D eigenvalue weighted by Crippen LogP contribution is -2.33. The first-order valence-electron chi connectivity index (χ1n) is 7.45. The summed E-state index contributed by atoms with van der Waals surface area (Å²) in [6.45, 7) is 4.21. The minimum Gasteiger partial charge on any atom is -0.266 e. The average molecular weight is 307 g/mol. The summed E-state index contributed by atoms with van der Waals surface area (Å²) >= 11 is 1.67. The van der Waals surface area contributed by atoms with Gasteiger partial charge in [-0.2, -0.15) is 0 Å². The van der Waals surface area contributed by atoms with E-state index in [0.717, 1.165) is 36.5 Å². The fourth-order valence-corrected chi connectivity index (χ4v) is 3.41. The van der Waals surface area contributed by atoms with Crippen LogP contribution in [0.25, 0.3) is 0 Å². The van der Waals surface area contributed by atoms with Crippen molar-refractivity contribution in [1.29, 1.82) is 0 Å². The summed E-state index contributed by atoms with van der Waals surface area (Å²) in [5.74, 6) is 0.269. The average Bonchev–Trinajstić information content (AvgIpc) is 2.73. The molecule has 0 spiro atoms. The Kier molecular flexibility index (Phi) is 5.82. The second-order valence-electron chi connectivity index (χ2n) is 5.00. The summed E-state index contributed by atoms with van der Waals surface area (Å²) in [6.07, 6.45) is 4.00. The molecule has 114 valence electrons. The van der Waals surface area contributed by atoms with Crippen LogP contribution in [-0.4, -0.2) is 28.1 Å². The van der Waals surface area contributed by atoms with Crippen LogP contribution in [-0.2, 0) is 4.84 Å². The predicted octanol–water partition coefficient (Wildman–Crippen LogP) is 3.87. The van der Waals surface area contributed by atoms with E-state index >= 15 is 0 Å². The van der Waals surface area contributed by atoms with E-state index in [1.54, 1.807) is 36.0 Å². The number of imide groups is 1. The smallest absolute Gasteiger partial charge is 0.266 e. The van der Waals surface area contributed by atoms with Crippen LogP contribution in [0.3, 0.4) is 0 Å². The monoisotopic (exact) mass is 307 g/mol. The van der Waals surface area contributed by atoms with Gasteiger partial charge in [-0.1, -0.05) is 38.8 Å². The van der Waals surface area contributed by atoms with Gasteiger partial charge in [0.1, 0.15) is 5.44 Å². The summed E-state index contributed by atoms with van der Waals surface area (Å²) in [7, 11) is 0. The van der Waals surface area contributed by atoms with E-state index in [-0.39, 0.29) is 17.3 Å². The third-order valence-corrected chi connectivity index (χ3v) is 4.52. The van der Waals surface area contributed by atoms with Crippen LogP contribution in [0.5, 0.6) is 0 Å². The van der Waals surface area contributed by atoms with E-state index < -0.39 is 0 Å². The van der Waals surface area contributed by atoms with E-state index in [1.807, 2.05) is 0 Å². The van der Waals surface area contributed by atoms with Crippen LogP contribution in [0.4, 0.5) is 0 Å². The predicted molar refractivity (Wildman–Crippen MR) is 84.1 cm³/mol. The summed E-state index contributed by atoms with van der Waals surface area (Å²) in [5, 5.41) is 0.934. The molecule has 0 saturated carbocycles. The molecule has 0 N–H and O–H groups in total. The maximum atomic E-state index is 12.2. The van der Waals surface area contributed by atoms with Gasteiger partial charge in [-0.05, 0) is 30.7 Å². The highest BCUT2D eigenvalue weighted by Crippen LogP contribution is 2.27. The van der Waals surface area contributed by atoms with E-state index in [4.69, 9.17) is 4.84 Å². The molecule has 4 nitrogen and oxygen atoms in total. The summed E-state index contributed by atoms with van der Waals surface area (Å²) in [5.41, 5.74) is 0.705. The first kappa shape index (κ1) is 16.0. The van der Waals surface area contributed by atoms with Gasteiger partial charge < -0.3 is 0 Å². The standard InChI is InChI=1S/C16H21NO3S/c1-3-5-11-21-14(8-4-2)20-17-15(18)12-9-6-7-10-13(12)16(17)19/h6-7,9-10,14H,3-5,8,11H2,1-2H3. The van der Waals surface area contributed by atoms with E-state index in [1.165, 1.54) is 0 Å². The van der Waals surface area contributed by atoms with Crippen molar-refractivity contribution < 1.29 is 14.4 Å². The van der Waals surface area contributed by atoms with E-state index in [9.17, 15) is 9.59 Å². The van der Waals surface area contributed by atoms with Crippen LogP contribution in [0, 0.1) is 0 Å². The molecule has 0 aromatic heterocycles. The number of hydrogen-bond acceptors (Lipinski definition) is 4. The number of nitrogens with zero attached hydrogens (tertiary/aromatic N) is 1. The second kappa shape index (κ2) is 7.61. The third-order valence-electron chi connectivity index (χ3n) is 3.31. The molecule has 2 rings (SSSR count). The van der Waals surface area contributed by atoms with Gasteiger partial charge in [0, 0.05) is 0 Å². The molecule has 0 bridgehead atoms. The Labute approximate surface area is 129 Å². The number of unbranched alkanes of at least 4 members (excludes halogenated alkanes) is 1. The number of thioether (sulfide) groups is 1. The molecule has 1 aromatic carbocycles. The minimum atomic E-state index is -0.354. The van der Waals surface area contributed by atoms with Gasteiger partial charge >= 0.3 is 0 Å². The lowest BCUT2D eigenvalue weighted by molar-refractivity contribution is -0.104. The van der Waals surface area contributed by atoms with Gasteiger partial charge in [0.2, 0.25) is 0 Å². The molecule has 1 aliphatic rings. The van der Waals surface area contributed by atoms with Crippen LogP contribution in [0.2, 0.25) is 0 Å². The van der Waals surface area contributed by atoms with Gasteiger partial charge in [0.15, 0.2) is 0 Å². The molecule has 1 heterocycles. The van der Waals surface area contributed by atoms with Gasteiger partial charge in [0.25, 0.3) is 11.8 Å². The van der Waals surface area contributed by atoms with Crippen LogP contribution in [0.1, 0.15) is 60.2 Å². The quantitative estimate of drug-likeness (QED) is 0.415. The molecule has 21 heavy (non-hydrogen) atoms. The van der Waals surface area contributed by atoms with Crippen molar-refractivity contribution in [3.05, 3.63) is 35.4 Å². The van der Waals surface area contributed by atoms with Gasteiger partial charge in [-0.25, -0.2) is 4.84 Å². The zero-order chi connectivity index (χ0) is 15.2. The topological polar surface area (TPSA) is 46.6 Å². The lowest BCUT2D eigenvalue weighted by Gasteiger charge is -2.21. The Morgan fingerprint density at radius 1 is 1.10 bits per heavy atom. The molecule has 0 fully saturated rings. The molecule has 2 amide bonds. The maximum absolute atomic E-state index is 12.2. The number of hydrogen-bond donors (Lipinski definition) is 0. The van der Waals surface area contributed by atoms with Crippen LogP contribution in [0.15, 0.2) is 24.3 Å². The zero-order valence-electron chi connectivity index (χ0n) is 12.5. The Bertz CT molecular complexity index is 483. The van der Waals surface area contributed by atoms with Crippen molar-refractivity contribution in [2.24, 2.45) is 0 Å². The summed E-state index contributed by atoms with van der Waals surface area (Å²) in [6, 6.07) is 6.84. The molecule has 0 saturated heterocycles. The number of amides is 2. The van der Waals surface area contributed by atoms with Gasteiger partial charge in [0.05, 0.1) is 11.1 Å². The van der Waals surface area contributed by atoms with E-state index in [0.29, 0.717) is 11.1 Å². The summed E-state index contributed by atoms with van der Waals surface area (Å²) < 4.78 is 0. The molecule has 1 aromatic rings. The van der Waals surface area contributed by atoms with Gasteiger partial charge in [-0.3, -0.25) is 9.59 Å². The van der Waals surface area contributed by atoms with Crippen molar-refractivity contribution in [3.63, 3.8) is 0 Å². The molecule has 0 radical (unpaired) electrons. The fourth-order valence-electron chi connectivity index (χ4n) is 2.14. The Morgan fingerprint density at radius 2 is 1.71 bits per heavy atom. The van der Waals surface area contributed by atoms with Crippen LogP contribution < -0.4 is 0 Å². The molecule has 1 unspecified atom stereocenters. The van der Waals surface area contributed by atoms with E-state index in [2.05, 4.69) is 13.8 Å². The first-order valence-corrected chi connectivity index (χ1v) is 8.50. The highest BCUT2D eigenvalue weighted by molar-refractivity contribution is 7.99. The number of benzene rings is 1. The lowest BCUT2D eigenvalue weighted by atomic mass is 10.1. The van der Waals surface area contributed by atoms with Crippen molar-refractivity contribution in [1.82, 2.24) is 5.06 Å². The van der Waals surface area contributed by atoms with Gasteiger partial charge in [-0.15, -0.1) is 16.8 Å². The number of fused-ring (bicyclic) bond motifs is 1. The molecular weight excluding hydrogens is 286 g/mol. The SMILES string of the molecule is CCCCSC(CCC)ON1C(=O)c2ccccc2C1=O. The summed E-state index contributed by atoms with van der Waals surface area (Å²) in [4.78, 5) is 30.2. The number of carbonyl (C=O) groups excluding carboxylic acids is 2. The molecule has 1 atom stereocenters. The molecule has 5 heteroatoms. The Balaban J connectivity index is 2.04. The number of carbonyl (C=O) groups is 2. The highest BCUT2D eigenvalue weighted by atomic mass is 32.2. The largest absolute Gasteiger partial charge is 0.285 e. The van der Waals surface area contributed by atoms with Crippen molar-refractivity contribution in [3.8, 4) is 0 Å². The first-order chi connectivity index (χ1) is 10.2. The molecular formula is C16H21NO3S. The third kappa shape index (κ3) is 3.66. The Hall–Kier alpha value is -1.33. The van der Waals surface area contributed by atoms with Crippen molar-refractivity contribution in [2.45, 2.75) is 45.0 Å². The van der Waals surface area contributed by atoms with Crippen molar-refractivity contribution >= 4 is 23.6 Å². The number of rotatable bonds is 8. The Morgan fingerprint density at radius 3 is 2.24 bits per heavy atom. The minimum absolute atomic E-state index is 0.149.